The van der Waals surface area contributed by atoms with Gasteiger partial charge in [0.15, 0.2) is 5.71 Å². The number of nitrogens with one attached hydrogen (secondary N) is 1. The fourth-order valence-corrected chi connectivity index (χ4v) is 4.08. The Hall–Kier alpha value is -3.75. The Morgan fingerprint density at radius 2 is 2.00 bits per heavy atom. The zero-order valence-corrected chi connectivity index (χ0v) is 17.0. The third-order valence-corrected chi connectivity index (χ3v) is 5.71. The number of aromatic hydroxyl groups is 1. The number of carbonyl (C=O) groups excluding carboxylic acids is 1. The second kappa shape index (κ2) is 8.55. The number of amides is 1. The molecule has 1 aliphatic carbocycles. The standard InChI is InChI=1S/C22H23N5O4/c1-13-19(21(29)27(26-13)16-8-10-23-11-9-16)25-24-18-7-3-6-17(20(18)28)14-4-2-5-15(12-14)22(30)31/h3,6-11,14-15,24,28H,2,4-5,12H2,1H3,(H,30,31). The van der Waals surface area contributed by atoms with Crippen LogP contribution >= 0.6 is 0 Å². The number of aliphatic carboxylic acids is 1. The minimum absolute atomic E-state index is 0.0221. The van der Waals surface area contributed by atoms with Crippen LogP contribution in [0.2, 0.25) is 0 Å². The van der Waals surface area contributed by atoms with Crippen molar-refractivity contribution in [1.29, 1.82) is 0 Å². The Bertz CT molecular complexity index is 1070. The SMILES string of the molecule is CC1=NN(c2ccncc2)C(=O)C1=NNc1cccc(C2CCCC(C(=O)O)C2)c1O. The maximum absolute atomic E-state index is 12.7. The number of aromatic nitrogens is 1. The minimum atomic E-state index is -0.793. The lowest BCUT2D eigenvalue weighted by Gasteiger charge is -2.27. The van der Waals surface area contributed by atoms with Gasteiger partial charge in [0, 0.05) is 12.4 Å². The Morgan fingerprint density at radius 3 is 2.74 bits per heavy atom. The van der Waals surface area contributed by atoms with Crippen molar-refractivity contribution in [3.05, 3.63) is 48.3 Å². The summed E-state index contributed by atoms with van der Waals surface area (Å²) in [4.78, 5) is 28.1. The van der Waals surface area contributed by atoms with Gasteiger partial charge in [-0.2, -0.15) is 15.2 Å². The molecule has 1 aromatic heterocycles. The van der Waals surface area contributed by atoms with Gasteiger partial charge in [0.05, 0.1) is 23.0 Å². The number of anilines is 2. The molecule has 4 rings (SSSR count). The first kappa shape index (κ1) is 20.5. The van der Waals surface area contributed by atoms with E-state index in [9.17, 15) is 19.8 Å². The molecule has 31 heavy (non-hydrogen) atoms. The zero-order valence-electron chi connectivity index (χ0n) is 17.0. The van der Waals surface area contributed by atoms with Gasteiger partial charge in [-0.1, -0.05) is 18.6 Å². The summed E-state index contributed by atoms with van der Waals surface area (Å²) < 4.78 is 0. The van der Waals surface area contributed by atoms with E-state index in [0.29, 0.717) is 35.5 Å². The van der Waals surface area contributed by atoms with Crippen molar-refractivity contribution in [3.8, 4) is 5.75 Å². The Morgan fingerprint density at radius 1 is 1.23 bits per heavy atom. The van der Waals surface area contributed by atoms with Crippen molar-refractivity contribution in [3.63, 3.8) is 0 Å². The van der Waals surface area contributed by atoms with Crippen molar-refractivity contribution in [2.24, 2.45) is 16.1 Å². The van der Waals surface area contributed by atoms with E-state index in [-0.39, 0.29) is 23.3 Å². The van der Waals surface area contributed by atoms with Crippen LogP contribution in [0.4, 0.5) is 11.4 Å². The Labute approximate surface area is 179 Å². The summed E-state index contributed by atoms with van der Waals surface area (Å²) in [7, 11) is 0. The normalized spacial score (nSPS) is 22.5. The first-order valence-corrected chi connectivity index (χ1v) is 10.1. The van der Waals surface area contributed by atoms with E-state index >= 15 is 0 Å². The highest BCUT2D eigenvalue weighted by molar-refractivity contribution is 6.71. The molecule has 0 radical (unpaired) electrons. The molecule has 1 saturated carbocycles. The van der Waals surface area contributed by atoms with Gasteiger partial charge in [0.2, 0.25) is 0 Å². The number of pyridine rings is 1. The number of rotatable bonds is 5. The molecule has 0 spiro atoms. The topological polar surface area (TPSA) is 127 Å². The van der Waals surface area contributed by atoms with Crippen LogP contribution in [-0.4, -0.2) is 38.5 Å². The number of hydrazone groups is 2. The van der Waals surface area contributed by atoms with E-state index in [0.717, 1.165) is 12.8 Å². The van der Waals surface area contributed by atoms with E-state index in [2.05, 4.69) is 20.6 Å². The molecule has 160 valence electrons. The molecule has 1 aliphatic heterocycles. The van der Waals surface area contributed by atoms with Gasteiger partial charge in [-0.3, -0.25) is 20.0 Å². The van der Waals surface area contributed by atoms with Gasteiger partial charge < -0.3 is 10.2 Å². The van der Waals surface area contributed by atoms with Crippen molar-refractivity contribution in [1.82, 2.24) is 4.98 Å². The summed E-state index contributed by atoms with van der Waals surface area (Å²) in [6.07, 6.45) is 5.92. The minimum Gasteiger partial charge on any atom is -0.505 e. The molecule has 2 unspecified atom stereocenters. The molecule has 0 saturated heterocycles. The summed E-state index contributed by atoms with van der Waals surface area (Å²) in [5.74, 6) is -1.59. The number of phenols is 1. The van der Waals surface area contributed by atoms with Crippen LogP contribution in [0.25, 0.3) is 0 Å². The Balaban J connectivity index is 1.53. The molecule has 9 heteroatoms. The number of hydrogen-bond donors (Lipinski definition) is 3. The van der Waals surface area contributed by atoms with Gasteiger partial charge >= 0.3 is 11.9 Å². The first-order valence-electron chi connectivity index (χ1n) is 10.1. The average Bonchev–Trinajstić information content (AvgIpc) is 3.07. The number of carbonyl (C=O) groups is 2. The van der Waals surface area contributed by atoms with Crippen molar-refractivity contribution >= 4 is 34.7 Å². The van der Waals surface area contributed by atoms with Gasteiger partial charge in [0.25, 0.3) is 0 Å². The van der Waals surface area contributed by atoms with Crippen molar-refractivity contribution in [2.75, 3.05) is 10.4 Å². The van der Waals surface area contributed by atoms with E-state index < -0.39 is 11.9 Å². The number of para-hydroxylation sites is 1. The van der Waals surface area contributed by atoms with Gasteiger partial charge in [-0.15, -0.1) is 0 Å². The lowest BCUT2D eigenvalue weighted by Crippen LogP contribution is -2.27. The van der Waals surface area contributed by atoms with Crippen LogP contribution in [0.1, 0.15) is 44.1 Å². The van der Waals surface area contributed by atoms with E-state index in [1.165, 1.54) is 5.01 Å². The monoisotopic (exact) mass is 421 g/mol. The number of carboxylic acid groups (broad SMARTS) is 1. The first-order chi connectivity index (χ1) is 15.0. The predicted molar refractivity (Wildman–Crippen MR) is 116 cm³/mol. The second-order valence-corrected chi connectivity index (χ2v) is 7.72. The number of phenolic OH excluding ortho intramolecular Hbond substituents is 1. The van der Waals surface area contributed by atoms with Gasteiger partial charge in [0.1, 0.15) is 5.75 Å². The molecule has 3 N–H and O–H groups in total. The van der Waals surface area contributed by atoms with E-state index in [1.54, 1.807) is 49.6 Å². The molecule has 9 nitrogen and oxygen atoms in total. The molecule has 2 aromatic rings. The van der Waals surface area contributed by atoms with E-state index in [1.807, 2.05) is 0 Å². The molecule has 1 fully saturated rings. The summed E-state index contributed by atoms with van der Waals surface area (Å²) in [5.41, 5.74) is 5.00. The molecule has 1 amide bonds. The molecular formula is C22H23N5O4. The summed E-state index contributed by atoms with van der Waals surface area (Å²) in [6.45, 7) is 1.68. The number of carboxylic acids is 1. The molecule has 2 atom stereocenters. The lowest BCUT2D eigenvalue weighted by atomic mass is 9.77. The summed E-state index contributed by atoms with van der Waals surface area (Å²) >= 11 is 0. The maximum atomic E-state index is 12.7. The number of nitrogens with zero attached hydrogens (tertiary/aromatic N) is 4. The van der Waals surface area contributed by atoms with Crippen LogP contribution in [-0.2, 0) is 9.59 Å². The highest BCUT2D eigenvalue weighted by atomic mass is 16.4. The molecule has 1 aromatic carbocycles. The maximum Gasteiger partial charge on any atom is 0.306 e. The second-order valence-electron chi connectivity index (χ2n) is 7.72. The average molecular weight is 421 g/mol. The zero-order chi connectivity index (χ0) is 22.0. The molecule has 2 aliphatic rings. The third kappa shape index (κ3) is 4.11. The summed E-state index contributed by atoms with van der Waals surface area (Å²) in [5, 5.41) is 29.8. The van der Waals surface area contributed by atoms with Crippen molar-refractivity contribution < 1.29 is 19.8 Å². The fraction of sp³-hybridized carbons (Fsp3) is 0.318. The van der Waals surface area contributed by atoms with Gasteiger partial charge in [-0.25, -0.2) is 0 Å². The van der Waals surface area contributed by atoms with Gasteiger partial charge in [-0.05, 0) is 55.9 Å². The number of benzene rings is 1. The summed E-state index contributed by atoms with van der Waals surface area (Å²) in [6, 6.07) is 8.60. The quantitative estimate of drug-likeness (QED) is 0.502. The predicted octanol–water partition coefficient (Wildman–Crippen LogP) is 3.34. The Kier molecular flexibility index (Phi) is 5.66. The smallest absolute Gasteiger partial charge is 0.306 e. The van der Waals surface area contributed by atoms with Crippen LogP contribution in [0.5, 0.6) is 5.75 Å². The van der Waals surface area contributed by atoms with Crippen molar-refractivity contribution in [2.45, 2.75) is 38.5 Å². The highest BCUT2D eigenvalue weighted by Crippen LogP contribution is 2.42. The van der Waals surface area contributed by atoms with E-state index in [4.69, 9.17) is 0 Å². The van der Waals surface area contributed by atoms with Crippen LogP contribution in [0.3, 0.4) is 0 Å². The molecule has 2 heterocycles. The van der Waals surface area contributed by atoms with Crippen LogP contribution < -0.4 is 10.4 Å². The molecule has 0 bridgehead atoms. The largest absolute Gasteiger partial charge is 0.505 e. The highest BCUT2D eigenvalue weighted by Gasteiger charge is 2.32. The number of hydrogen-bond acceptors (Lipinski definition) is 7. The molecular weight excluding hydrogens is 398 g/mol. The fourth-order valence-electron chi connectivity index (χ4n) is 4.08. The van der Waals surface area contributed by atoms with Crippen LogP contribution in [0, 0.1) is 5.92 Å². The van der Waals surface area contributed by atoms with Crippen LogP contribution in [0.15, 0.2) is 52.9 Å². The lowest BCUT2D eigenvalue weighted by molar-refractivity contribution is -0.143. The third-order valence-electron chi connectivity index (χ3n) is 5.71.